The molecule has 0 heterocycles. The van der Waals surface area contributed by atoms with Gasteiger partial charge in [-0.25, -0.2) is 0 Å². The zero-order chi connectivity index (χ0) is 21.5. The molecule has 1 spiro atoms. The first-order chi connectivity index (χ1) is 14.2. The molecule has 0 aromatic rings. The van der Waals surface area contributed by atoms with Gasteiger partial charge in [-0.15, -0.1) is 0 Å². The van der Waals surface area contributed by atoms with Crippen molar-refractivity contribution in [1.82, 2.24) is 0 Å². The second-order valence-electron chi connectivity index (χ2n) is 12.7. The smallest absolute Gasteiger partial charge is 0.157 e. The van der Waals surface area contributed by atoms with E-state index >= 15 is 0 Å². The lowest BCUT2D eigenvalue weighted by atomic mass is 9.45. The predicted octanol–water partition coefficient (Wildman–Crippen LogP) is 6.69. The summed E-state index contributed by atoms with van der Waals surface area (Å²) in [6.45, 7) is 11.7. The molecular formula is C28H44O2. The minimum absolute atomic E-state index is 0.106. The molecule has 0 radical (unpaired) electrons. The lowest BCUT2D eigenvalue weighted by Gasteiger charge is -2.61. The summed E-state index contributed by atoms with van der Waals surface area (Å²) in [4.78, 5) is 12.2. The highest BCUT2D eigenvalue weighted by molar-refractivity contribution is 5.91. The molecule has 5 fully saturated rings. The Hall–Kier alpha value is -0.630. The summed E-state index contributed by atoms with van der Waals surface area (Å²) in [5, 5.41) is 0. The van der Waals surface area contributed by atoms with Gasteiger partial charge >= 0.3 is 0 Å². The summed E-state index contributed by atoms with van der Waals surface area (Å²) in [6.07, 6.45) is 15.8. The lowest BCUT2D eigenvalue weighted by Crippen LogP contribution is -2.57. The van der Waals surface area contributed by atoms with Gasteiger partial charge in [0.25, 0.3) is 0 Å². The van der Waals surface area contributed by atoms with Gasteiger partial charge in [-0.1, -0.05) is 40.7 Å². The molecule has 2 heteroatoms. The highest BCUT2D eigenvalue weighted by Crippen LogP contribution is 2.82. The molecule has 5 aliphatic rings. The fourth-order valence-electron chi connectivity index (χ4n) is 10.1. The van der Waals surface area contributed by atoms with Crippen LogP contribution in [0.25, 0.3) is 0 Å². The minimum Gasteiger partial charge on any atom is -0.381 e. The first kappa shape index (κ1) is 21.2. The van der Waals surface area contributed by atoms with Crippen molar-refractivity contribution in [3.63, 3.8) is 0 Å². The van der Waals surface area contributed by atoms with Crippen LogP contribution in [0.3, 0.4) is 0 Å². The number of methoxy groups -OCH3 is 1. The largest absolute Gasteiger partial charge is 0.381 e. The molecule has 0 aromatic heterocycles. The molecule has 0 saturated heterocycles. The van der Waals surface area contributed by atoms with Gasteiger partial charge in [-0.2, -0.15) is 0 Å². The first-order valence-corrected chi connectivity index (χ1v) is 12.9. The standard InChI is InChI=1S/C28H44O2/c1-17(2)24(29)10-7-18(3)21-8-9-22-20-15-25(30-6)28-16-19(28)11-14-27(28,5)23(20)12-13-26(21,22)4/h7,10,17-23,25H,8-9,11-16H2,1-6H3/b10-7+/t18-,19-,20+,21-,22+,23+,25-,26-,27-,28+/m1/s1. The fourth-order valence-corrected chi connectivity index (χ4v) is 10.1. The number of allylic oxidation sites excluding steroid dienone is 2. The van der Waals surface area contributed by atoms with Crippen LogP contribution < -0.4 is 0 Å². The Labute approximate surface area is 184 Å². The van der Waals surface area contributed by atoms with Crippen molar-refractivity contribution in [1.29, 1.82) is 0 Å². The SMILES string of the molecule is CO[C@@H]1C[C@H]2[C@@H]3CC[C@H]([C@H](C)/C=C/C(=O)C(C)C)[C@@]3(C)CC[C@@H]2[C@@]2(C)CC[C@@H]3C[C@]312. The maximum atomic E-state index is 12.2. The van der Waals surface area contributed by atoms with Crippen LogP contribution in [0.4, 0.5) is 0 Å². The van der Waals surface area contributed by atoms with E-state index < -0.39 is 0 Å². The highest BCUT2D eigenvalue weighted by atomic mass is 16.5. The molecule has 0 aromatic carbocycles. The van der Waals surface area contributed by atoms with Crippen molar-refractivity contribution >= 4 is 5.78 Å². The maximum Gasteiger partial charge on any atom is 0.157 e. The highest BCUT2D eigenvalue weighted by Gasteiger charge is 2.77. The second-order valence-corrected chi connectivity index (χ2v) is 12.7. The third-order valence-electron chi connectivity index (χ3n) is 11.7. The molecule has 10 atom stereocenters. The Morgan fingerprint density at radius 2 is 1.80 bits per heavy atom. The number of ketones is 1. The topological polar surface area (TPSA) is 26.3 Å². The van der Waals surface area contributed by atoms with Crippen LogP contribution in [0.5, 0.6) is 0 Å². The number of rotatable bonds is 5. The molecule has 0 amide bonds. The predicted molar refractivity (Wildman–Crippen MR) is 122 cm³/mol. The zero-order valence-corrected chi connectivity index (χ0v) is 20.2. The molecule has 0 unspecified atom stereocenters. The summed E-state index contributed by atoms with van der Waals surface area (Å²) in [6, 6.07) is 0. The van der Waals surface area contributed by atoms with Crippen molar-refractivity contribution < 1.29 is 9.53 Å². The summed E-state index contributed by atoms with van der Waals surface area (Å²) >= 11 is 0. The van der Waals surface area contributed by atoms with Crippen molar-refractivity contribution in [2.45, 2.75) is 92.1 Å². The van der Waals surface area contributed by atoms with Gasteiger partial charge in [0.15, 0.2) is 5.78 Å². The third-order valence-corrected chi connectivity index (χ3v) is 11.7. The van der Waals surface area contributed by atoms with Gasteiger partial charge in [-0.05, 0) is 104 Å². The van der Waals surface area contributed by atoms with E-state index in [1.54, 1.807) is 0 Å². The maximum absolute atomic E-state index is 12.2. The molecule has 2 nitrogen and oxygen atoms in total. The van der Waals surface area contributed by atoms with Crippen LogP contribution in [-0.2, 0) is 9.53 Å². The van der Waals surface area contributed by atoms with Crippen molar-refractivity contribution in [3.8, 4) is 0 Å². The minimum atomic E-state index is 0.106. The van der Waals surface area contributed by atoms with Gasteiger partial charge in [0.1, 0.15) is 0 Å². The number of ether oxygens (including phenoxy) is 1. The van der Waals surface area contributed by atoms with E-state index in [0.717, 1.165) is 29.6 Å². The van der Waals surface area contributed by atoms with Crippen molar-refractivity contribution in [2.24, 2.45) is 57.7 Å². The van der Waals surface area contributed by atoms with E-state index in [2.05, 4.69) is 26.8 Å². The number of carbonyl (C=O) groups is 1. The van der Waals surface area contributed by atoms with E-state index in [4.69, 9.17) is 4.74 Å². The number of fused-ring (bicyclic) bond motifs is 4. The van der Waals surface area contributed by atoms with E-state index in [1.165, 1.54) is 51.4 Å². The Morgan fingerprint density at radius 1 is 1.03 bits per heavy atom. The molecule has 5 rings (SSSR count). The van der Waals surface area contributed by atoms with Crippen molar-refractivity contribution in [3.05, 3.63) is 12.2 Å². The zero-order valence-electron chi connectivity index (χ0n) is 20.2. The van der Waals surface area contributed by atoms with E-state index in [-0.39, 0.29) is 11.7 Å². The molecule has 0 bridgehead atoms. The van der Waals surface area contributed by atoms with Gasteiger partial charge in [-0.3, -0.25) is 4.79 Å². The summed E-state index contributed by atoms with van der Waals surface area (Å²) in [5.74, 6) is 5.19. The average Bonchev–Trinajstić information content (AvgIpc) is 3.22. The number of carbonyl (C=O) groups excluding carboxylic acids is 1. The Balaban J connectivity index is 1.39. The summed E-state index contributed by atoms with van der Waals surface area (Å²) in [7, 11) is 1.99. The normalized spacial score (nSPS) is 52.6. The Kier molecular flexibility index (Phi) is 4.91. The molecule has 168 valence electrons. The average molecular weight is 413 g/mol. The van der Waals surface area contributed by atoms with Crippen LogP contribution in [0, 0.1) is 57.7 Å². The molecule has 0 N–H and O–H groups in total. The second kappa shape index (κ2) is 6.93. The third kappa shape index (κ3) is 2.61. The molecular weight excluding hydrogens is 368 g/mol. The van der Waals surface area contributed by atoms with Crippen LogP contribution in [0.15, 0.2) is 12.2 Å². The molecule has 5 saturated carbocycles. The Morgan fingerprint density at radius 3 is 2.47 bits per heavy atom. The van der Waals surface area contributed by atoms with Crippen LogP contribution >= 0.6 is 0 Å². The van der Waals surface area contributed by atoms with Crippen LogP contribution in [-0.4, -0.2) is 19.0 Å². The van der Waals surface area contributed by atoms with Gasteiger partial charge in [0, 0.05) is 18.4 Å². The number of hydrogen-bond acceptors (Lipinski definition) is 2. The molecule has 0 aliphatic heterocycles. The fraction of sp³-hybridized carbons (Fsp3) is 0.893. The summed E-state index contributed by atoms with van der Waals surface area (Å²) < 4.78 is 6.26. The van der Waals surface area contributed by atoms with Gasteiger partial charge in [0.05, 0.1) is 6.10 Å². The molecule has 30 heavy (non-hydrogen) atoms. The molecule has 5 aliphatic carbocycles. The van der Waals surface area contributed by atoms with E-state index in [9.17, 15) is 4.79 Å². The van der Waals surface area contributed by atoms with Crippen LogP contribution in [0.1, 0.15) is 86.0 Å². The quantitative estimate of drug-likeness (QED) is 0.470. The van der Waals surface area contributed by atoms with Gasteiger partial charge in [0.2, 0.25) is 0 Å². The first-order valence-electron chi connectivity index (χ1n) is 12.9. The Bertz CT molecular complexity index is 739. The van der Waals surface area contributed by atoms with Gasteiger partial charge < -0.3 is 4.74 Å². The summed E-state index contributed by atoms with van der Waals surface area (Å²) in [5.41, 5.74) is 1.49. The van der Waals surface area contributed by atoms with Crippen LogP contribution in [0.2, 0.25) is 0 Å². The number of hydrogen-bond donors (Lipinski definition) is 0. The lowest BCUT2D eigenvalue weighted by molar-refractivity contribution is -0.160. The monoisotopic (exact) mass is 412 g/mol. The van der Waals surface area contributed by atoms with Crippen molar-refractivity contribution in [2.75, 3.05) is 7.11 Å². The van der Waals surface area contributed by atoms with E-state index in [1.807, 2.05) is 27.0 Å². The van der Waals surface area contributed by atoms with E-state index in [0.29, 0.717) is 28.3 Å².